The first-order chi connectivity index (χ1) is 12.8. The van der Waals surface area contributed by atoms with Crippen molar-refractivity contribution in [1.82, 2.24) is 4.90 Å². The summed E-state index contributed by atoms with van der Waals surface area (Å²) in [4.78, 5) is 2.41. The van der Waals surface area contributed by atoms with Gasteiger partial charge in [-0.05, 0) is 41.9 Å². The Balaban J connectivity index is 0.000000596. The largest absolute Gasteiger partial charge is 0.416 e. The van der Waals surface area contributed by atoms with E-state index in [-0.39, 0.29) is 17.7 Å². The first-order valence-electron chi connectivity index (χ1n) is 8.31. The van der Waals surface area contributed by atoms with Crippen molar-refractivity contribution < 1.29 is 17.1 Å². The molecule has 1 aliphatic rings. The number of nitrogens with zero attached hydrogens (tertiary/aromatic N) is 1. The van der Waals surface area contributed by atoms with E-state index in [1.807, 2.05) is 11.9 Å². The Labute approximate surface area is 161 Å². The van der Waals surface area contributed by atoms with Crippen LogP contribution in [0.1, 0.15) is 28.2 Å². The summed E-state index contributed by atoms with van der Waals surface area (Å²) >= 11 is 0.114. The van der Waals surface area contributed by atoms with Crippen LogP contribution in [0, 0.1) is 0 Å². The van der Waals surface area contributed by atoms with Crippen molar-refractivity contribution in [2.24, 2.45) is 0 Å². The molecule has 1 heterocycles. The lowest BCUT2D eigenvalue weighted by molar-refractivity contribution is -0.138. The van der Waals surface area contributed by atoms with Gasteiger partial charge in [0.2, 0.25) is 0 Å². The van der Waals surface area contributed by atoms with E-state index in [4.69, 9.17) is 0 Å². The number of likely N-dealkylation sites (N-methyl/N-ethyl adjacent to an activating group) is 1. The molecule has 0 N–H and O–H groups in total. The number of hydrogen-bond donors (Lipinski definition) is 0. The maximum Gasteiger partial charge on any atom is 0.416 e. The van der Waals surface area contributed by atoms with Gasteiger partial charge in [-0.25, -0.2) is 0 Å². The molecule has 0 spiro atoms. The topological polar surface area (TPSA) is 3.24 Å². The van der Waals surface area contributed by atoms with Crippen LogP contribution in [0.5, 0.6) is 0 Å². The summed E-state index contributed by atoms with van der Waals surface area (Å²) in [5.74, 6) is -0.423. The molecule has 0 aromatic heterocycles. The van der Waals surface area contributed by atoms with Crippen molar-refractivity contribution in [2.75, 3.05) is 13.6 Å². The summed E-state index contributed by atoms with van der Waals surface area (Å²) in [6, 6.07) is 10.8. The van der Waals surface area contributed by atoms with Gasteiger partial charge in [0.05, 0.1) is 17.7 Å². The van der Waals surface area contributed by atoms with E-state index in [2.05, 4.69) is 13.2 Å². The highest BCUT2D eigenvalue weighted by molar-refractivity contribution is 7.94. The van der Waals surface area contributed by atoms with E-state index < -0.39 is 17.7 Å². The summed E-state index contributed by atoms with van der Waals surface area (Å²) in [5, 5.41) is 0. The van der Waals surface area contributed by atoms with Crippen molar-refractivity contribution in [3.8, 4) is 0 Å². The molecule has 0 amide bonds. The Morgan fingerprint density at radius 1 is 1.07 bits per heavy atom. The number of benzene rings is 2. The quantitative estimate of drug-likeness (QED) is 0.424. The fourth-order valence-electron chi connectivity index (χ4n) is 3.18. The molecule has 3 rings (SSSR count). The highest BCUT2D eigenvalue weighted by Crippen LogP contribution is 2.41. The standard InChI is InChI=1S/C17H15F4NS.C4H6/c1-22-9-11-6-7-12(23-21)8-14(11)15(10-22)13-4-2-3-5-16(13)17(18,19)20;1-3-4-2/h2-8,15H,9-10H2,1H3;3-4H,1-2H2. The van der Waals surface area contributed by atoms with Gasteiger partial charge in [-0.2, -0.15) is 17.1 Å². The van der Waals surface area contributed by atoms with Gasteiger partial charge in [-0.15, -0.1) is 0 Å². The molecule has 0 radical (unpaired) electrons. The molecule has 0 saturated carbocycles. The number of hydrogen-bond acceptors (Lipinski definition) is 2. The third kappa shape index (κ3) is 5.23. The summed E-state index contributed by atoms with van der Waals surface area (Å²) < 4.78 is 52.9. The summed E-state index contributed by atoms with van der Waals surface area (Å²) in [6.07, 6.45) is -1.13. The minimum Gasteiger partial charge on any atom is -0.301 e. The van der Waals surface area contributed by atoms with Crippen LogP contribution in [0.4, 0.5) is 17.1 Å². The van der Waals surface area contributed by atoms with Crippen molar-refractivity contribution in [2.45, 2.75) is 23.5 Å². The lowest BCUT2D eigenvalue weighted by Crippen LogP contribution is -2.32. The highest BCUT2D eigenvalue weighted by Gasteiger charge is 2.37. The van der Waals surface area contributed by atoms with Gasteiger partial charge in [-0.3, -0.25) is 0 Å². The zero-order valence-electron chi connectivity index (χ0n) is 15.0. The van der Waals surface area contributed by atoms with Crippen molar-refractivity contribution in [3.63, 3.8) is 0 Å². The van der Waals surface area contributed by atoms with Crippen LogP contribution in [0.3, 0.4) is 0 Å². The molecule has 2 aromatic carbocycles. The molecule has 1 atom stereocenters. The van der Waals surface area contributed by atoms with Crippen LogP contribution >= 0.6 is 12.1 Å². The molecule has 144 valence electrons. The number of halogens is 4. The van der Waals surface area contributed by atoms with Gasteiger partial charge in [0.15, 0.2) is 0 Å². The molecule has 1 unspecified atom stereocenters. The number of alkyl halides is 3. The lowest BCUT2D eigenvalue weighted by atomic mass is 9.82. The molecule has 0 aliphatic carbocycles. The first kappa shape index (κ1) is 21.3. The third-order valence-electron chi connectivity index (χ3n) is 4.32. The first-order valence-corrected chi connectivity index (χ1v) is 9.03. The van der Waals surface area contributed by atoms with Crippen LogP contribution in [0.15, 0.2) is 72.7 Å². The zero-order valence-corrected chi connectivity index (χ0v) is 15.8. The van der Waals surface area contributed by atoms with E-state index in [9.17, 15) is 17.1 Å². The molecule has 0 fully saturated rings. The second kappa shape index (κ2) is 9.24. The summed E-state index contributed by atoms with van der Waals surface area (Å²) in [6.45, 7) is 7.84. The normalized spacial score (nSPS) is 16.7. The average molecular weight is 395 g/mol. The summed E-state index contributed by atoms with van der Waals surface area (Å²) in [7, 11) is 1.88. The van der Waals surface area contributed by atoms with E-state index in [1.54, 1.807) is 36.4 Å². The van der Waals surface area contributed by atoms with Crippen LogP contribution in [-0.4, -0.2) is 18.5 Å². The molecule has 27 heavy (non-hydrogen) atoms. The Morgan fingerprint density at radius 3 is 2.33 bits per heavy atom. The van der Waals surface area contributed by atoms with E-state index in [0.29, 0.717) is 18.0 Å². The Bertz CT molecular complexity index is 795. The SMILES string of the molecule is C=CC=C.CN1Cc2ccc(SF)cc2C(c2ccccc2C(F)(F)F)C1. The fraction of sp³-hybridized carbons (Fsp3) is 0.238. The average Bonchev–Trinajstić information content (AvgIpc) is 2.66. The van der Waals surface area contributed by atoms with E-state index in [0.717, 1.165) is 17.2 Å². The predicted octanol–water partition coefficient (Wildman–Crippen LogP) is 6.62. The molecule has 1 aliphatic heterocycles. The van der Waals surface area contributed by atoms with Gasteiger partial charge in [-0.1, -0.05) is 49.6 Å². The van der Waals surface area contributed by atoms with Gasteiger partial charge in [0.1, 0.15) is 0 Å². The minimum absolute atomic E-state index is 0.114. The molecule has 2 aromatic rings. The lowest BCUT2D eigenvalue weighted by Gasteiger charge is -2.34. The second-order valence-corrected chi connectivity index (χ2v) is 6.87. The minimum atomic E-state index is -4.40. The monoisotopic (exact) mass is 395 g/mol. The smallest absolute Gasteiger partial charge is 0.301 e. The van der Waals surface area contributed by atoms with Gasteiger partial charge >= 0.3 is 6.18 Å². The Kier molecular flexibility index (Phi) is 7.27. The Hall–Kier alpha value is -2.05. The van der Waals surface area contributed by atoms with Crippen molar-refractivity contribution >= 4 is 12.1 Å². The molecule has 0 saturated heterocycles. The zero-order chi connectivity index (χ0) is 20.0. The molecule has 1 nitrogen and oxygen atoms in total. The summed E-state index contributed by atoms with van der Waals surface area (Å²) in [5.41, 5.74) is 1.35. The fourth-order valence-corrected chi connectivity index (χ4v) is 3.47. The van der Waals surface area contributed by atoms with Gasteiger partial charge in [0, 0.05) is 23.9 Å². The molecular weight excluding hydrogens is 374 g/mol. The van der Waals surface area contributed by atoms with E-state index in [1.165, 1.54) is 12.1 Å². The maximum absolute atomic E-state index is 13.3. The van der Waals surface area contributed by atoms with Crippen LogP contribution in [0.2, 0.25) is 0 Å². The maximum atomic E-state index is 13.3. The number of rotatable bonds is 3. The number of allylic oxidation sites excluding steroid dienone is 2. The van der Waals surface area contributed by atoms with E-state index >= 15 is 0 Å². The van der Waals surface area contributed by atoms with Crippen molar-refractivity contribution in [1.29, 1.82) is 0 Å². The molecular formula is C21H21F4NS. The van der Waals surface area contributed by atoms with Crippen molar-refractivity contribution in [3.05, 3.63) is 90.0 Å². The molecule has 6 heteroatoms. The second-order valence-electron chi connectivity index (χ2n) is 6.24. The highest BCUT2D eigenvalue weighted by atomic mass is 32.2. The van der Waals surface area contributed by atoms with Gasteiger partial charge < -0.3 is 4.90 Å². The molecule has 0 bridgehead atoms. The third-order valence-corrected chi connectivity index (χ3v) is 4.76. The van der Waals surface area contributed by atoms with Crippen LogP contribution < -0.4 is 0 Å². The van der Waals surface area contributed by atoms with Crippen LogP contribution in [0.25, 0.3) is 0 Å². The van der Waals surface area contributed by atoms with Crippen LogP contribution in [-0.2, 0) is 12.7 Å². The number of fused-ring (bicyclic) bond motifs is 1. The van der Waals surface area contributed by atoms with Gasteiger partial charge in [0.25, 0.3) is 0 Å². The Morgan fingerprint density at radius 2 is 1.74 bits per heavy atom. The predicted molar refractivity (Wildman–Crippen MR) is 103 cm³/mol.